The van der Waals surface area contributed by atoms with Gasteiger partial charge >= 0.3 is 0 Å². The summed E-state index contributed by atoms with van der Waals surface area (Å²) in [5.74, 6) is 1.59. The van der Waals surface area contributed by atoms with Crippen molar-refractivity contribution in [1.29, 1.82) is 0 Å². The van der Waals surface area contributed by atoms with Crippen LogP contribution in [0.1, 0.15) is 22.3 Å². The van der Waals surface area contributed by atoms with Crippen molar-refractivity contribution in [2.45, 2.75) is 5.41 Å². The summed E-state index contributed by atoms with van der Waals surface area (Å²) in [5, 5.41) is 0. The van der Waals surface area contributed by atoms with Crippen molar-refractivity contribution in [3.63, 3.8) is 0 Å². The van der Waals surface area contributed by atoms with Gasteiger partial charge in [-0.2, -0.15) is 0 Å². The van der Waals surface area contributed by atoms with Crippen LogP contribution in [0, 0.1) is 0 Å². The summed E-state index contributed by atoms with van der Waals surface area (Å²) in [5.41, 5.74) is 42.6. The number of hydrogen-bond acceptors (Lipinski definition) is 3. The maximum Gasteiger partial charge on any atom is 0.164 e. The lowest BCUT2D eigenvalue weighted by Gasteiger charge is -2.36. The van der Waals surface area contributed by atoms with Gasteiger partial charge in [-0.05, 0) is 363 Å². The van der Waals surface area contributed by atoms with Crippen LogP contribution in [0.3, 0.4) is 0 Å². The summed E-state index contributed by atoms with van der Waals surface area (Å²) in [4.78, 5) is 17.7. The molecule has 3 nitrogen and oxygen atoms in total. The molecule has 0 saturated carbocycles. The molecule has 22 aromatic carbocycles. The van der Waals surface area contributed by atoms with Crippen molar-refractivity contribution >= 4 is 0 Å². The molecular formula is C136H91N3. The lowest BCUT2D eigenvalue weighted by atomic mass is 9.65. The Morgan fingerprint density at radius 3 is 0.453 bits per heavy atom. The van der Waals surface area contributed by atoms with E-state index in [0.29, 0.717) is 17.5 Å². The van der Waals surface area contributed by atoms with Gasteiger partial charge in [0.2, 0.25) is 0 Å². The van der Waals surface area contributed by atoms with Crippen LogP contribution in [0.15, 0.2) is 552 Å². The third-order valence-corrected chi connectivity index (χ3v) is 27.4. The molecule has 0 saturated heterocycles. The van der Waals surface area contributed by atoms with Crippen LogP contribution >= 0.6 is 0 Å². The van der Waals surface area contributed by atoms with Crippen LogP contribution in [-0.4, -0.2) is 15.0 Å². The molecule has 0 unspecified atom stereocenters. The summed E-state index contributed by atoms with van der Waals surface area (Å²) >= 11 is 0. The van der Waals surface area contributed by atoms with E-state index >= 15 is 0 Å². The smallest absolute Gasteiger partial charge is 0.164 e. The maximum absolute atomic E-state index is 5.96. The molecule has 0 spiro atoms. The molecule has 0 radical (unpaired) electrons. The summed E-state index contributed by atoms with van der Waals surface area (Å²) in [6, 6.07) is 204. The zero-order valence-electron chi connectivity index (χ0n) is 76.4. The highest BCUT2D eigenvalue weighted by molar-refractivity contribution is 5.96. The largest absolute Gasteiger partial charge is 0.208 e. The second-order valence-corrected chi connectivity index (χ2v) is 36.1. The standard InChI is InChI=1S/C136H91N3/c1-13-39-92(40-14-1)105-67-106(93-41-15-2-16-42-93)74-117(73-105)121-81-122(118-75-107(94-43-17-3-18-44-94)68-108(76-118)95-45-19-4-20-46-95)88-127(87-121)136(128-89-123(119-77-109(96-47-21-5-22-48-96)69-110(78-119)97-49-23-6-24-50-97)82-124(90-128)120-79-111(98-51-25-7-26-52-98)70-112(80-120)99-53-27-8-28-54-99)131-64-38-37-63-129(131)130-66-65-104(91-132(130)136)133-137-134(125-83-113(100-55-29-9-30-56-100)71-114(84-125)101-57-31-10-32-58-101)139-135(138-133)126-85-115(102-59-33-11-34-60-102)72-116(86-126)103-61-35-12-36-62-103/h1-91H. The first-order valence-electron chi connectivity index (χ1n) is 47.7. The Hall–Kier alpha value is -18.2. The lowest BCUT2D eigenvalue weighted by molar-refractivity contribution is 0.770. The van der Waals surface area contributed by atoms with E-state index in [1.807, 2.05) is 0 Å². The molecule has 1 heterocycles. The van der Waals surface area contributed by atoms with Gasteiger partial charge in [-0.15, -0.1) is 0 Å². The Labute approximate surface area is 812 Å². The highest BCUT2D eigenvalue weighted by Gasteiger charge is 2.48. The van der Waals surface area contributed by atoms with Crippen LogP contribution in [0.4, 0.5) is 0 Å². The molecule has 1 aromatic heterocycles. The quantitative estimate of drug-likeness (QED) is 0.0720. The van der Waals surface area contributed by atoms with Gasteiger partial charge in [0.1, 0.15) is 0 Å². The molecule has 0 atom stereocenters. The van der Waals surface area contributed by atoms with Gasteiger partial charge in [0, 0.05) is 16.7 Å². The van der Waals surface area contributed by atoms with E-state index in [1.54, 1.807) is 0 Å². The van der Waals surface area contributed by atoms with Crippen molar-refractivity contribution < 1.29 is 0 Å². The number of aromatic nitrogens is 3. The molecule has 3 heteroatoms. The highest BCUT2D eigenvalue weighted by atomic mass is 15.0. The third-order valence-electron chi connectivity index (χ3n) is 27.4. The first-order chi connectivity index (χ1) is 68.8. The molecule has 0 aliphatic heterocycles. The Morgan fingerprint density at radius 1 is 0.101 bits per heavy atom. The van der Waals surface area contributed by atoms with Gasteiger partial charge in [0.15, 0.2) is 17.5 Å². The summed E-state index contributed by atoms with van der Waals surface area (Å²) in [6.45, 7) is 0. The molecule has 1 aliphatic rings. The average Bonchev–Trinajstić information content (AvgIpc) is 1.53. The van der Waals surface area contributed by atoms with Gasteiger partial charge in [0.05, 0.1) is 5.41 Å². The van der Waals surface area contributed by atoms with Crippen LogP contribution in [0.5, 0.6) is 0 Å². The monoisotopic (exact) mass is 1770 g/mol. The molecule has 23 aromatic rings. The molecule has 650 valence electrons. The van der Waals surface area contributed by atoms with Gasteiger partial charge in [-0.3, -0.25) is 0 Å². The van der Waals surface area contributed by atoms with E-state index in [-0.39, 0.29) is 0 Å². The van der Waals surface area contributed by atoms with E-state index in [1.165, 1.54) is 0 Å². The summed E-state index contributed by atoms with van der Waals surface area (Å²) < 4.78 is 0. The van der Waals surface area contributed by atoms with E-state index in [9.17, 15) is 0 Å². The first kappa shape index (κ1) is 83.9. The number of benzene rings is 22. The zero-order valence-corrected chi connectivity index (χ0v) is 76.4. The molecule has 1 aliphatic carbocycles. The van der Waals surface area contributed by atoms with Crippen LogP contribution < -0.4 is 0 Å². The predicted molar refractivity (Wildman–Crippen MR) is 580 cm³/mol. The predicted octanol–water partition coefficient (Wildman–Crippen LogP) is 35.9. The van der Waals surface area contributed by atoms with Crippen molar-refractivity contribution in [2.75, 3.05) is 0 Å². The molecule has 0 amide bonds. The van der Waals surface area contributed by atoms with Crippen molar-refractivity contribution in [1.82, 2.24) is 15.0 Å². The second-order valence-electron chi connectivity index (χ2n) is 36.1. The molecule has 139 heavy (non-hydrogen) atoms. The second kappa shape index (κ2) is 37.0. The average molecular weight is 1770 g/mol. The Balaban J connectivity index is 0.849. The number of fused-ring (bicyclic) bond motifs is 3. The normalized spacial score (nSPS) is 11.8. The first-order valence-corrected chi connectivity index (χ1v) is 47.7. The van der Waals surface area contributed by atoms with E-state index in [0.717, 1.165) is 228 Å². The van der Waals surface area contributed by atoms with Gasteiger partial charge < -0.3 is 0 Å². The van der Waals surface area contributed by atoms with E-state index in [4.69, 9.17) is 15.0 Å². The molecule has 24 rings (SSSR count). The van der Waals surface area contributed by atoms with Crippen LogP contribution in [-0.2, 0) is 5.41 Å². The minimum absolute atomic E-state index is 0.518. The Morgan fingerprint density at radius 2 is 0.252 bits per heavy atom. The third kappa shape index (κ3) is 16.9. The topological polar surface area (TPSA) is 38.7 Å². The molecule has 0 fully saturated rings. The van der Waals surface area contributed by atoms with E-state index < -0.39 is 5.41 Å². The molecule has 0 N–H and O–H groups in total. The number of nitrogens with zero attached hydrogens (tertiary/aromatic N) is 3. The molecular weight excluding hydrogens is 1680 g/mol. The number of hydrogen-bond donors (Lipinski definition) is 0. The van der Waals surface area contributed by atoms with Crippen molar-refractivity contribution in [2.24, 2.45) is 0 Å². The van der Waals surface area contributed by atoms with Gasteiger partial charge in [-0.25, -0.2) is 15.0 Å². The SMILES string of the molecule is c1ccc(-c2cc(-c3ccccc3)cc(-c3cc(-c4cc(-c5ccccc5)cc(-c5ccccc5)c4)cc(C4(c5cc(-c6cc(-c7ccccc7)cc(-c7ccccc7)c6)cc(-c6cc(-c7ccccc7)cc(-c7ccccc7)c6)c5)c5ccccc5-c5ccc(-c6nc(-c7cc(-c8ccccc8)cc(-c8ccccc8)c7)nc(-c7cc(-c8ccccc8)cc(-c8ccccc8)c7)n6)cc54)c3)c2)cc1. The maximum atomic E-state index is 5.96. The fourth-order valence-corrected chi connectivity index (χ4v) is 20.6. The van der Waals surface area contributed by atoms with Crippen molar-refractivity contribution in [3.05, 3.63) is 574 Å². The minimum atomic E-state index is -1.21. The highest BCUT2D eigenvalue weighted by Crippen LogP contribution is 2.60. The van der Waals surface area contributed by atoms with Gasteiger partial charge in [-0.1, -0.05) is 400 Å². The summed E-state index contributed by atoms with van der Waals surface area (Å²) in [7, 11) is 0. The fourth-order valence-electron chi connectivity index (χ4n) is 20.6. The van der Waals surface area contributed by atoms with Crippen molar-refractivity contribution in [3.8, 4) is 223 Å². The zero-order chi connectivity index (χ0) is 92.4. The van der Waals surface area contributed by atoms with Gasteiger partial charge in [0.25, 0.3) is 0 Å². The fraction of sp³-hybridized carbons (Fsp3) is 0.00735. The van der Waals surface area contributed by atoms with Crippen LogP contribution in [0.25, 0.3) is 223 Å². The van der Waals surface area contributed by atoms with E-state index in [2.05, 4.69) is 552 Å². The Kier molecular flexibility index (Phi) is 22.3. The number of rotatable bonds is 21. The lowest BCUT2D eigenvalue weighted by Crippen LogP contribution is -2.29. The molecule has 0 bridgehead atoms. The minimum Gasteiger partial charge on any atom is -0.208 e. The summed E-state index contributed by atoms with van der Waals surface area (Å²) in [6.07, 6.45) is 0. The Bertz CT molecular complexity index is 7370. The van der Waals surface area contributed by atoms with Crippen LogP contribution in [0.2, 0.25) is 0 Å².